The second kappa shape index (κ2) is 4.99. The minimum atomic E-state index is 0.330. The van der Waals surface area contributed by atoms with Crippen LogP contribution in [0.3, 0.4) is 0 Å². The number of alkyl halides is 1. The molecule has 4 heteroatoms. The largest absolute Gasteiger partial charge is 0.376 e. The summed E-state index contributed by atoms with van der Waals surface area (Å²) in [5, 5.41) is 0. The smallest absolute Gasteiger partial charge is 0.0953 e. The molecule has 1 aliphatic heterocycles. The van der Waals surface area contributed by atoms with E-state index >= 15 is 0 Å². The second-order valence-corrected chi connectivity index (χ2v) is 4.36. The third kappa shape index (κ3) is 2.52. The standard InChI is InChI=1S/C11H17ClN2O/c1-9(11-4-2-3-5-15-11)14-7-10(6-12)13-8-14/h7-9,11H,2-6H2,1H3. The lowest BCUT2D eigenvalue weighted by Crippen LogP contribution is -2.27. The van der Waals surface area contributed by atoms with Gasteiger partial charge in [0.1, 0.15) is 0 Å². The van der Waals surface area contributed by atoms with Gasteiger partial charge in [-0.3, -0.25) is 0 Å². The number of hydrogen-bond acceptors (Lipinski definition) is 2. The Balaban J connectivity index is 2.02. The van der Waals surface area contributed by atoms with E-state index in [-0.39, 0.29) is 0 Å². The first-order chi connectivity index (χ1) is 7.31. The molecule has 1 aromatic heterocycles. The summed E-state index contributed by atoms with van der Waals surface area (Å²) in [6.07, 6.45) is 7.80. The van der Waals surface area contributed by atoms with E-state index in [4.69, 9.17) is 16.3 Å². The lowest BCUT2D eigenvalue weighted by molar-refractivity contribution is -0.0123. The van der Waals surface area contributed by atoms with Gasteiger partial charge in [-0.2, -0.15) is 0 Å². The molecule has 0 radical (unpaired) electrons. The Morgan fingerprint density at radius 1 is 1.67 bits per heavy atom. The van der Waals surface area contributed by atoms with Crippen LogP contribution in [0.2, 0.25) is 0 Å². The van der Waals surface area contributed by atoms with Crippen molar-refractivity contribution in [2.75, 3.05) is 6.61 Å². The second-order valence-electron chi connectivity index (χ2n) is 4.09. The van der Waals surface area contributed by atoms with Crippen LogP contribution in [-0.4, -0.2) is 22.3 Å². The molecular formula is C11H17ClN2O. The first-order valence-electron chi connectivity index (χ1n) is 5.51. The third-order valence-corrected chi connectivity index (χ3v) is 3.29. The minimum absolute atomic E-state index is 0.330. The van der Waals surface area contributed by atoms with Crippen LogP contribution in [0.15, 0.2) is 12.5 Å². The van der Waals surface area contributed by atoms with Crippen LogP contribution in [-0.2, 0) is 10.6 Å². The highest BCUT2D eigenvalue weighted by Crippen LogP contribution is 2.23. The summed E-state index contributed by atoms with van der Waals surface area (Å²) in [4.78, 5) is 4.23. The maximum absolute atomic E-state index is 5.76. The molecule has 1 aromatic rings. The number of imidazole rings is 1. The summed E-state index contributed by atoms with van der Waals surface area (Å²) >= 11 is 5.72. The summed E-state index contributed by atoms with van der Waals surface area (Å²) in [6, 6.07) is 0.356. The van der Waals surface area contributed by atoms with Crippen molar-refractivity contribution in [1.82, 2.24) is 9.55 Å². The lowest BCUT2D eigenvalue weighted by atomic mass is 10.0. The highest BCUT2D eigenvalue weighted by molar-refractivity contribution is 6.16. The van der Waals surface area contributed by atoms with Crippen LogP contribution in [0.1, 0.15) is 37.9 Å². The van der Waals surface area contributed by atoms with E-state index in [1.807, 2.05) is 12.5 Å². The molecular weight excluding hydrogens is 212 g/mol. The zero-order valence-corrected chi connectivity index (χ0v) is 9.78. The van der Waals surface area contributed by atoms with Crippen molar-refractivity contribution in [3.63, 3.8) is 0 Å². The van der Waals surface area contributed by atoms with Crippen molar-refractivity contribution < 1.29 is 4.74 Å². The van der Waals surface area contributed by atoms with Crippen molar-refractivity contribution >= 4 is 11.6 Å². The summed E-state index contributed by atoms with van der Waals surface area (Å²) in [5.41, 5.74) is 0.930. The maximum Gasteiger partial charge on any atom is 0.0953 e. The van der Waals surface area contributed by atoms with Crippen molar-refractivity contribution in [2.24, 2.45) is 0 Å². The molecule has 1 saturated heterocycles. The van der Waals surface area contributed by atoms with Gasteiger partial charge >= 0.3 is 0 Å². The molecule has 0 aliphatic carbocycles. The average molecular weight is 229 g/mol. The molecule has 0 aromatic carbocycles. The Morgan fingerprint density at radius 2 is 2.53 bits per heavy atom. The molecule has 84 valence electrons. The van der Waals surface area contributed by atoms with E-state index in [0.29, 0.717) is 18.0 Å². The molecule has 3 nitrogen and oxygen atoms in total. The topological polar surface area (TPSA) is 27.1 Å². The number of aromatic nitrogens is 2. The number of halogens is 1. The van der Waals surface area contributed by atoms with E-state index in [9.17, 15) is 0 Å². The zero-order chi connectivity index (χ0) is 10.7. The van der Waals surface area contributed by atoms with Gasteiger partial charge in [0, 0.05) is 12.8 Å². The number of nitrogens with zero attached hydrogens (tertiary/aromatic N) is 2. The van der Waals surface area contributed by atoms with Crippen LogP contribution < -0.4 is 0 Å². The van der Waals surface area contributed by atoms with Gasteiger partial charge in [-0.1, -0.05) is 0 Å². The van der Waals surface area contributed by atoms with E-state index < -0.39 is 0 Å². The van der Waals surface area contributed by atoms with Crippen molar-refractivity contribution in [2.45, 2.75) is 44.2 Å². The van der Waals surface area contributed by atoms with E-state index in [2.05, 4.69) is 16.5 Å². The normalized spacial score (nSPS) is 24.0. The molecule has 0 spiro atoms. The summed E-state index contributed by atoms with van der Waals surface area (Å²) in [7, 11) is 0. The Morgan fingerprint density at radius 3 is 3.13 bits per heavy atom. The fourth-order valence-electron chi connectivity index (χ4n) is 2.01. The number of rotatable bonds is 3. The molecule has 1 aliphatic rings. The molecule has 1 fully saturated rings. The van der Waals surface area contributed by atoms with Gasteiger partial charge in [-0.05, 0) is 26.2 Å². The van der Waals surface area contributed by atoms with Gasteiger partial charge in [0.05, 0.1) is 30.0 Å². The molecule has 2 unspecified atom stereocenters. The van der Waals surface area contributed by atoms with Crippen molar-refractivity contribution in [3.8, 4) is 0 Å². The minimum Gasteiger partial charge on any atom is -0.376 e. The van der Waals surface area contributed by atoms with Crippen molar-refractivity contribution in [3.05, 3.63) is 18.2 Å². The van der Waals surface area contributed by atoms with Gasteiger partial charge in [0.15, 0.2) is 0 Å². The average Bonchev–Trinajstić information content (AvgIpc) is 2.78. The van der Waals surface area contributed by atoms with Crippen molar-refractivity contribution in [1.29, 1.82) is 0 Å². The Bertz CT molecular complexity index is 307. The summed E-state index contributed by atoms with van der Waals surface area (Å²) in [6.45, 7) is 3.07. The molecule has 0 N–H and O–H groups in total. The zero-order valence-electron chi connectivity index (χ0n) is 9.03. The monoisotopic (exact) mass is 228 g/mol. The number of hydrogen-bond donors (Lipinski definition) is 0. The van der Waals surface area contributed by atoms with E-state index in [1.165, 1.54) is 12.8 Å². The SMILES string of the molecule is CC(C1CCCCO1)n1cnc(CCl)c1. The third-order valence-electron chi connectivity index (χ3n) is 3.02. The molecule has 0 amide bonds. The van der Waals surface area contributed by atoms with Gasteiger partial charge in [-0.25, -0.2) is 4.98 Å². The molecule has 2 atom stereocenters. The van der Waals surface area contributed by atoms with Crippen LogP contribution >= 0.6 is 11.6 Å². The van der Waals surface area contributed by atoms with Crippen LogP contribution in [0.5, 0.6) is 0 Å². The summed E-state index contributed by atoms with van der Waals surface area (Å²) < 4.78 is 7.86. The Kier molecular flexibility index (Phi) is 3.65. The first-order valence-corrected chi connectivity index (χ1v) is 6.04. The van der Waals surface area contributed by atoms with Gasteiger partial charge in [0.2, 0.25) is 0 Å². The molecule has 0 saturated carbocycles. The Hall–Kier alpha value is -0.540. The number of ether oxygens (including phenoxy) is 1. The summed E-state index contributed by atoms with van der Waals surface area (Å²) in [5.74, 6) is 0.477. The maximum atomic E-state index is 5.76. The molecule has 15 heavy (non-hydrogen) atoms. The first kappa shape index (κ1) is 11.0. The van der Waals surface area contributed by atoms with Crippen LogP contribution in [0.25, 0.3) is 0 Å². The fourth-order valence-corrected chi connectivity index (χ4v) is 2.15. The van der Waals surface area contributed by atoms with Crippen LogP contribution in [0.4, 0.5) is 0 Å². The van der Waals surface area contributed by atoms with E-state index in [1.54, 1.807) is 0 Å². The van der Waals surface area contributed by atoms with Gasteiger partial charge in [-0.15, -0.1) is 11.6 Å². The Labute approximate surface area is 95.4 Å². The highest BCUT2D eigenvalue weighted by atomic mass is 35.5. The van der Waals surface area contributed by atoms with Gasteiger partial charge < -0.3 is 9.30 Å². The predicted octanol–water partition coefficient (Wildman–Crippen LogP) is 2.75. The molecule has 0 bridgehead atoms. The molecule has 2 heterocycles. The lowest BCUT2D eigenvalue weighted by Gasteiger charge is -2.28. The van der Waals surface area contributed by atoms with Crippen LogP contribution in [0, 0.1) is 0 Å². The highest BCUT2D eigenvalue weighted by Gasteiger charge is 2.21. The van der Waals surface area contributed by atoms with Gasteiger partial charge in [0.25, 0.3) is 0 Å². The predicted molar refractivity (Wildman–Crippen MR) is 60.1 cm³/mol. The van der Waals surface area contributed by atoms with E-state index in [0.717, 1.165) is 18.7 Å². The fraction of sp³-hybridized carbons (Fsp3) is 0.727. The molecule has 2 rings (SSSR count). The quantitative estimate of drug-likeness (QED) is 0.744.